The number of rotatable bonds is 3. The van der Waals surface area contributed by atoms with Gasteiger partial charge in [0.2, 0.25) is 0 Å². The van der Waals surface area contributed by atoms with Gasteiger partial charge in [-0.2, -0.15) is 5.10 Å². The van der Waals surface area contributed by atoms with Crippen molar-refractivity contribution < 1.29 is 14.6 Å². The predicted octanol–water partition coefficient (Wildman–Crippen LogP) is 4.38. The van der Waals surface area contributed by atoms with Gasteiger partial charge in [-0.3, -0.25) is 5.10 Å². The SMILES string of the molecule is COc1c(C(C)(C)C)cc(-c2cc(C(=O)O)[nH]n2)cc1C(C)(C)C. The Kier molecular flexibility index (Phi) is 4.48. The minimum atomic E-state index is -1.02. The first-order valence-electron chi connectivity index (χ1n) is 7.97. The van der Waals surface area contributed by atoms with Crippen molar-refractivity contribution in [2.24, 2.45) is 0 Å². The summed E-state index contributed by atoms with van der Waals surface area (Å²) in [5.41, 5.74) is 3.50. The lowest BCUT2D eigenvalue weighted by Gasteiger charge is -2.29. The van der Waals surface area contributed by atoms with Crippen molar-refractivity contribution in [3.63, 3.8) is 0 Å². The normalized spacial score (nSPS) is 12.3. The Hall–Kier alpha value is -2.30. The molecule has 2 aromatic rings. The molecule has 24 heavy (non-hydrogen) atoms. The summed E-state index contributed by atoms with van der Waals surface area (Å²) in [5, 5.41) is 15.8. The van der Waals surface area contributed by atoms with Crippen LogP contribution in [0.2, 0.25) is 0 Å². The third-order valence-corrected chi connectivity index (χ3v) is 4.01. The molecule has 0 bridgehead atoms. The molecular formula is C19H26N2O3. The lowest BCUT2D eigenvalue weighted by molar-refractivity contribution is 0.0690. The molecule has 0 radical (unpaired) electrons. The van der Waals surface area contributed by atoms with E-state index in [4.69, 9.17) is 9.84 Å². The van der Waals surface area contributed by atoms with E-state index in [1.165, 1.54) is 0 Å². The van der Waals surface area contributed by atoms with Crippen LogP contribution >= 0.6 is 0 Å². The number of benzene rings is 1. The van der Waals surface area contributed by atoms with Crippen LogP contribution in [0.15, 0.2) is 18.2 Å². The number of nitrogens with one attached hydrogen (secondary N) is 1. The molecule has 130 valence electrons. The summed E-state index contributed by atoms with van der Waals surface area (Å²) in [6.45, 7) is 12.8. The average molecular weight is 330 g/mol. The van der Waals surface area contributed by atoms with Crippen LogP contribution in [0.1, 0.15) is 63.2 Å². The summed E-state index contributed by atoms with van der Waals surface area (Å²) >= 11 is 0. The van der Waals surface area contributed by atoms with Gasteiger partial charge in [0.15, 0.2) is 0 Å². The fraction of sp³-hybridized carbons (Fsp3) is 0.474. The second-order valence-corrected chi connectivity index (χ2v) is 8.08. The smallest absolute Gasteiger partial charge is 0.353 e. The molecule has 2 N–H and O–H groups in total. The average Bonchev–Trinajstić information content (AvgIpc) is 2.93. The number of aromatic nitrogens is 2. The number of methoxy groups -OCH3 is 1. The number of nitrogens with zero attached hydrogens (tertiary/aromatic N) is 1. The lowest BCUT2D eigenvalue weighted by Crippen LogP contribution is -2.19. The first kappa shape index (κ1) is 18.0. The Bertz CT molecular complexity index is 727. The summed E-state index contributed by atoms with van der Waals surface area (Å²) in [7, 11) is 1.69. The largest absolute Gasteiger partial charge is 0.496 e. The highest BCUT2D eigenvalue weighted by atomic mass is 16.5. The van der Waals surface area contributed by atoms with Crippen LogP contribution in [0.25, 0.3) is 11.3 Å². The number of aromatic carboxylic acids is 1. The highest BCUT2D eigenvalue weighted by molar-refractivity contribution is 5.87. The maximum absolute atomic E-state index is 11.1. The molecule has 0 saturated carbocycles. The standard InChI is InChI=1S/C19H26N2O3/c1-18(2,3)12-8-11(14-10-15(17(22)23)21-20-14)9-13(16(12)24-7)19(4,5)6/h8-10H,1-7H3,(H,20,21)(H,22,23). The molecule has 0 aliphatic rings. The molecule has 0 atom stereocenters. The zero-order valence-electron chi connectivity index (χ0n) is 15.4. The summed E-state index contributed by atoms with van der Waals surface area (Å²) < 4.78 is 5.74. The molecule has 0 unspecified atom stereocenters. The van der Waals surface area contributed by atoms with E-state index in [0.717, 1.165) is 22.4 Å². The van der Waals surface area contributed by atoms with E-state index in [2.05, 4.69) is 51.7 Å². The Morgan fingerprint density at radius 1 is 1.04 bits per heavy atom. The number of carboxylic acids is 1. The fourth-order valence-electron chi connectivity index (χ4n) is 2.69. The van der Waals surface area contributed by atoms with Crippen LogP contribution in [-0.2, 0) is 10.8 Å². The van der Waals surface area contributed by atoms with E-state index >= 15 is 0 Å². The number of H-pyrrole nitrogens is 1. The van der Waals surface area contributed by atoms with E-state index in [-0.39, 0.29) is 16.5 Å². The molecule has 2 rings (SSSR count). The Morgan fingerprint density at radius 2 is 1.54 bits per heavy atom. The molecule has 1 aromatic heterocycles. The van der Waals surface area contributed by atoms with Gasteiger partial charge in [-0.05, 0) is 29.0 Å². The molecule has 0 aliphatic carbocycles. The Labute approximate surface area is 143 Å². The van der Waals surface area contributed by atoms with Gasteiger partial charge in [-0.25, -0.2) is 4.79 Å². The van der Waals surface area contributed by atoms with Crippen LogP contribution in [0, 0.1) is 0 Å². The van der Waals surface area contributed by atoms with Crippen molar-refractivity contribution in [1.29, 1.82) is 0 Å². The molecular weight excluding hydrogens is 304 g/mol. The zero-order chi connectivity index (χ0) is 18.3. The topological polar surface area (TPSA) is 75.2 Å². The van der Waals surface area contributed by atoms with E-state index < -0.39 is 5.97 Å². The third kappa shape index (κ3) is 3.45. The molecule has 5 heteroatoms. The van der Waals surface area contributed by atoms with E-state index in [0.29, 0.717) is 5.69 Å². The van der Waals surface area contributed by atoms with E-state index in [1.54, 1.807) is 13.2 Å². The number of hydrogen-bond donors (Lipinski definition) is 2. The van der Waals surface area contributed by atoms with Crippen molar-refractivity contribution in [1.82, 2.24) is 10.2 Å². The van der Waals surface area contributed by atoms with Gasteiger partial charge in [0.1, 0.15) is 11.4 Å². The minimum absolute atomic E-state index is 0.0791. The summed E-state index contributed by atoms with van der Waals surface area (Å²) in [4.78, 5) is 11.1. The van der Waals surface area contributed by atoms with Crippen molar-refractivity contribution in [3.05, 3.63) is 35.0 Å². The van der Waals surface area contributed by atoms with Crippen LogP contribution in [0.3, 0.4) is 0 Å². The van der Waals surface area contributed by atoms with Crippen LogP contribution < -0.4 is 4.74 Å². The van der Waals surface area contributed by atoms with E-state index in [1.807, 2.05) is 12.1 Å². The number of hydrogen-bond acceptors (Lipinski definition) is 3. The maximum Gasteiger partial charge on any atom is 0.353 e. The van der Waals surface area contributed by atoms with Gasteiger partial charge < -0.3 is 9.84 Å². The van der Waals surface area contributed by atoms with Gasteiger partial charge in [0, 0.05) is 16.7 Å². The molecule has 0 aliphatic heterocycles. The summed E-state index contributed by atoms with van der Waals surface area (Å²) in [6, 6.07) is 5.63. The molecule has 1 aromatic carbocycles. The molecule has 0 amide bonds. The van der Waals surface area contributed by atoms with Gasteiger partial charge >= 0.3 is 5.97 Å². The number of aromatic amines is 1. The molecule has 0 saturated heterocycles. The van der Waals surface area contributed by atoms with Crippen LogP contribution in [0.4, 0.5) is 0 Å². The second kappa shape index (κ2) is 5.96. The first-order valence-corrected chi connectivity index (χ1v) is 7.97. The lowest BCUT2D eigenvalue weighted by atomic mass is 9.78. The number of ether oxygens (including phenoxy) is 1. The monoisotopic (exact) mass is 330 g/mol. The highest BCUT2D eigenvalue weighted by Crippen LogP contribution is 2.42. The second-order valence-electron chi connectivity index (χ2n) is 8.08. The third-order valence-electron chi connectivity index (χ3n) is 4.01. The zero-order valence-corrected chi connectivity index (χ0v) is 15.4. The fourth-order valence-corrected chi connectivity index (χ4v) is 2.69. The van der Waals surface area contributed by atoms with E-state index in [9.17, 15) is 4.79 Å². The Morgan fingerprint density at radius 3 is 1.88 bits per heavy atom. The molecule has 0 spiro atoms. The quantitative estimate of drug-likeness (QED) is 0.876. The van der Waals surface area contributed by atoms with Gasteiger partial charge in [0.25, 0.3) is 0 Å². The van der Waals surface area contributed by atoms with Gasteiger partial charge in [0.05, 0.1) is 12.8 Å². The number of carboxylic acid groups (broad SMARTS) is 1. The highest BCUT2D eigenvalue weighted by Gasteiger charge is 2.28. The predicted molar refractivity (Wildman–Crippen MR) is 94.9 cm³/mol. The molecule has 0 fully saturated rings. The first-order chi connectivity index (χ1) is 10.9. The van der Waals surface area contributed by atoms with Gasteiger partial charge in [-0.15, -0.1) is 0 Å². The van der Waals surface area contributed by atoms with Crippen LogP contribution in [-0.4, -0.2) is 28.4 Å². The Balaban J connectivity index is 2.75. The maximum atomic E-state index is 11.1. The molecule has 5 nitrogen and oxygen atoms in total. The van der Waals surface area contributed by atoms with Crippen molar-refractivity contribution in [2.45, 2.75) is 52.4 Å². The van der Waals surface area contributed by atoms with Crippen LogP contribution in [0.5, 0.6) is 5.75 Å². The van der Waals surface area contributed by atoms with Gasteiger partial charge in [-0.1, -0.05) is 41.5 Å². The van der Waals surface area contributed by atoms with Crippen molar-refractivity contribution >= 4 is 5.97 Å². The molecule has 1 heterocycles. The van der Waals surface area contributed by atoms with Crippen molar-refractivity contribution in [2.75, 3.05) is 7.11 Å². The number of carbonyl (C=O) groups is 1. The summed E-state index contributed by atoms with van der Waals surface area (Å²) in [5.74, 6) is -0.137. The van der Waals surface area contributed by atoms with Crippen molar-refractivity contribution in [3.8, 4) is 17.0 Å². The minimum Gasteiger partial charge on any atom is -0.496 e. The summed E-state index contributed by atoms with van der Waals surface area (Å²) in [6.07, 6.45) is 0.